The van der Waals surface area contributed by atoms with Gasteiger partial charge in [0, 0.05) is 31.2 Å². The second-order valence-electron chi connectivity index (χ2n) is 7.41. The predicted molar refractivity (Wildman–Crippen MR) is 113 cm³/mol. The second-order valence-corrected chi connectivity index (χ2v) is 8.25. The average molecular weight is 455 g/mol. The number of rotatable bonds is 5. The second kappa shape index (κ2) is 8.81. The van der Waals surface area contributed by atoms with Crippen molar-refractivity contribution in [3.8, 4) is 0 Å². The van der Waals surface area contributed by atoms with E-state index in [1.165, 1.54) is 6.07 Å². The summed E-state index contributed by atoms with van der Waals surface area (Å²) in [4.78, 5) is 54.5. The molecular formula is C20H24Cl2N4O4. The maximum atomic E-state index is 12.7. The Labute approximate surface area is 185 Å². The van der Waals surface area contributed by atoms with E-state index in [1.807, 2.05) is 13.8 Å². The van der Waals surface area contributed by atoms with Gasteiger partial charge in [-0.1, -0.05) is 37.0 Å². The summed E-state index contributed by atoms with van der Waals surface area (Å²) in [7, 11) is 0. The third-order valence-corrected chi connectivity index (χ3v) is 6.38. The van der Waals surface area contributed by atoms with E-state index in [4.69, 9.17) is 23.2 Å². The third-order valence-electron chi connectivity index (χ3n) is 5.83. The topological polar surface area (TPSA) is 90.0 Å². The molecule has 1 N–H and O–H groups in total. The summed E-state index contributed by atoms with van der Waals surface area (Å²) in [6.07, 6.45) is 0.930. The van der Waals surface area contributed by atoms with Crippen LogP contribution in [-0.2, 0) is 9.59 Å². The highest BCUT2D eigenvalue weighted by Crippen LogP contribution is 2.25. The molecule has 0 radical (unpaired) electrons. The van der Waals surface area contributed by atoms with E-state index in [1.54, 1.807) is 21.9 Å². The molecule has 0 aliphatic carbocycles. The van der Waals surface area contributed by atoms with Crippen LogP contribution in [0.3, 0.4) is 0 Å². The number of hydrogen-bond acceptors (Lipinski definition) is 4. The van der Waals surface area contributed by atoms with Crippen molar-refractivity contribution in [3.05, 3.63) is 33.8 Å². The zero-order valence-corrected chi connectivity index (χ0v) is 18.4. The third kappa shape index (κ3) is 4.11. The van der Waals surface area contributed by atoms with Gasteiger partial charge in [-0.05, 0) is 31.0 Å². The van der Waals surface area contributed by atoms with Crippen LogP contribution in [0.1, 0.15) is 37.0 Å². The zero-order valence-electron chi connectivity index (χ0n) is 16.9. The summed E-state index contributed by atoms with van der Waals surface area (Å²) in [5, 5.41) is 3.44. The van der Waals surface area contributed by atoms with Gasteiger partial charge in [0.1, 0.15) is 12.1 Å². The van der Waals surface area contributed by atoms with Crippen LogP contribution in [0.15, 0.2) is 18.2 Å². The number of carbonyl (C=O) groups excluding carboxylic acids is 4. The Morgan fingerprint density at radius 1 is 1.03 bits per heavy atom. The van der Waals surface area contributed by atoms with Crippen LogP contribution >= 0.6 is 23.2 Å². The quantitative estimate of drug-likeness (QED) is 0.691. The molecule has 0 aromatic heterocycles. The van der Waals surface area contributed by atoms with Crippen LogP contribution in [0, 0.1) is 0 Å². The van der Waals surface area contributed by atoms with Crippen molar-refractivity contribution in [2.45, 2.75) is 32.2 Å². The van der Waals surface area contributed by atoms with Gasteiger partial charge in [-0.2, -0.15) is 0 Å². The zero-order chi connectivity index (χ0) is 22.1. The maximum Gasteiger partial charge on any atom is 0.325 e. The molecule has 30 heavy (non-hydrogen) atoms. The monoisotopic (exact) mass is 454 g/mol. The highest BCUT2D eigenvalue weighted by Gasteiger charge is 2.49. The molecule has 2 aliphatic rings. The summed E-state index contributed by atoms with van der Waals surface area (Å²) < 4.78 is 0. The van der Waals surface area contributed by atoms with Crippen molar-refractivity contribution < 1.29 is 19.2 Å². The molecule has 0 unspecified atom stereocenters. The fourth-order valence-corrected chi connectivity index (χ4v) is 4.27. The standard InChI is InChI=1S/C20H24Cl2N4O4/c1-3-20(4-2)18(29)26(19(30)23-20)12-16(27)24-7-9-25(10-8-24)17(28)14-6-5-13(21)11-15(14)22/h5-6,11H,3-4,7-10,12H2,1-2H3,(H,23,30). The fourth-order valence-electron chi connectivity index (χ4n) is 3.78. The van der Waals surface area contributed by atoms with Gasteiger partial charge in [-0.15, -0.1) is 0 Å². The number of halogens is 2. The maximum absolute atomic E-state index is 12.7. The first-order valence-electron chi connectivity index (χ1n) is 9.88. The first-order valence-corrected chi connectivity index (χ1v) is 10.6. The van der Waals surface area contributed by atoms with Gasteiger partial charge in [0.2, 0.25) is 5.91 Å². The van der Waals surface area contributed by atoms with Crippen molar-refractivity contribution in [1.29, 1.82) is 0 Å². The van der Waals surface area contributed by atoms with Crippen molar-refractivity contribution in [3.63, 3.8) is 0 Å². The van der Waals surface area contributed by atoms with Gasteiger partial charge in [0.25, 0.3) is 11.8 Å². The number of benzene rings is 1. The molecule has 5 amide bonds. The Hall–Kier alpha value is -2.32. The van der Waals surface area contributed by atoms with Gasteiger partial charge in [-0.3, -0.25) is 19.3 Å². The van der Waals surface area contributed by atoms with Crippen LogP contribution in [-0.4, -0.2) is 76.7 Å². The van der Waals surface area contributed by atoms with Crippen LogP contribution in [0.4, 0.5) is 4.79 Å². The van der Waals surface area contributed by atoms with Crippen molar-refractivity contribution >= 4 is 47.0 Å². The highest BCUT2D eigenvalue weighted by atomic mass is 35.5. The molecule has 2 heterocycles. The number of amides is 5. The van der Waals surface area contributed by atoms with E-state index in [2.05, 4.69) is 5.32 Å². The van der Waals surface area contributed by atoms with Crippen LogP contribution in [0.2, 0.25) is 10.0 Å². The minimum absolute atomic E-state index is 0.228. The molecule has 1 aromatic rings. The van der Waals surface area contributed by atoms with Crippen molar-refractivity contribution in [1.82, 2.24) is 20.0 Å². The summed E-state index contributed by atoms with van der Waals surface area (Å²) in [6, 6.07) is 4.16. The number of hydrogen-bond donors (Lipinski definition) is 1. The molecule has 8 nitrogen and oxygen atoms in total. The minimum atomic E-state index is -0.930. The molecular weight excluding hydrogens is 431 g/mol. The lowest BCUT2D eigenvalue weighted by molar-refractivity contribution is -0.139. The molecule has 2 fully saturated rings. The molecule has 0 spiro atoms. The van der Waals surface area contributed by atoms with Gasteiger partial charge in [-0.25, -0.2) is 4.79 Å². The minimum Gasteiger partial charge on any atom is -0.338 e. The number of imide groups is 1. The van der Waals surface area contributed by atoms with E-state index in [9.17, 15) is 19.2 Å². The molecule has 0 atom stereocenters. The lowest BCUT2D eigenvalue weighted by Crippen LogP contribution is -2.53. The van der Waals surface area contributed by atoms with Crippen LogP contribution in [0.25, 0.3) is 0 Å². The van der Waals surface area contributed by atoms with E-state index in [-0.39, 0.29) is 29.3 Å². The first-order chi connectivity index (χ1) is 14.2. The van der Waals surface area contributed by atoms with Crippen molar-refractivity contribution in [2.75, 3.05) is 32.7 Å². The van der Waals surface area contributed by atoms with Gasteiger partial charge in [0.15, 0.2) is 0 Å². The number of carbonyl (C=O) groups is 4. The Morgan fingerprint density at radius 3 is 2.17 bits per heavy atom. The predicted octanol–water partition coefficient (Wildman–Crippen LogP) is 2.39. The largest absolute Gasteiger partial charge is 0.338 e. The molecule has 2 aliphatic heterocycles. The van der Waals surface area contributed by atoms with E-state index < -0.39 is 11.6 Å². The molecule has 3 rings (SSSR count). The number of nitrogens with one attached hydrogen (secondary N) is 1. The molecule has 2 saturated heterocycles. The van der Waals surface area contributed by atoms with Gasteiger partial charge in [0.05, 0.1) is 10.6 Å². The molecule has 0 bridgehead atoms. The number of urea groups is 1. The van der Waals surface area contributed by atoms with Crippen LogP contribution in [0.5, 0.6) is 0 Å². The van der Waals surface area contributed by atoms with Gasteiger partial charge >= 0.3 is 6.03 Å². The SMILES string of the molecule is CCC1(CC)NC(=O)N(CC(=O)N2CCN(C(=O)c3ccc(Cl)cc3Cl)CC2)C1=O. The summed E-state index contributed by atoms with van der Waals surface area (Å²) >= 11 is 12.0. The summed E-state index contributed by atoms with van der Waals surface area (Å²) in [6.45, 7) is 4.64. The average Bonchev–Trinajstić information content (AvgIpc) is 2.98. The molecule has 162 valence electrons. The van der Waals surface area contributed by atoms with E-state index in [0.29, 0.717) is 49.6 Å². The normalized spacial score (nSPS) is 18.6. The summed E-state index contributed by atoms with van der Waals surface area (Å²) in [5.74, 6) is -0.913. The highest BCUT2D eigenvalue weighted by molar-refractivity contribution is 6.36. The van der Waals surface area contributed by atoms with Crippen molar-refractivity contribution in [2.24, 2.45) is 0 Å². The Kier molecular flexibility index (Phi) is 6.57. The van der Waals surface area contributed by atoms with E-state index >= 15 is 0 Å². The summed E-state index contributed by atoms with van der Waals surface area (Å²) in [5.41, 5.74) is -0.573. The fraction of sp³-hybridized carbons (Fsp3) is 0.500. The number of nitrogens with zero attached hydrogens (tertiary/aromatic N) is 3. The van der Waals surface area contributed by atoms with Crippen LogP contribution < -0.4 is 5.32 Å². The molecule has 1 aromatic carbocycles. The lowest BCUT2D eigenvalue weighted by Gasteiger charge is -2.35. The first kappa shape index (κ1) is 22.4. The Bertz CT molecular complexity index is 880. The van der Waals surface area contributed by atoms with Gasteiger partial charge < -0.3 is 15.1 Å². The Morgan fingerprint density at radius 2 is 1.63 bits per heavy atom. The molecule has 10 heteroatoms. The molecule has 0 saturated carbocycles. The smallest absolute Gasteiger partial charge is 0.325 e. The number of piperazine rings is 1. The Balaban J connectivity index is 1.59. The van der Waals surface area contributed by atoms with E-state index in [0.717, 1.165) is 4.90 Å². The lowest BCUT2D eigenvalue weighted by atomic mass is 9.93.